The van der Waals surface area contributed by atoms with Crippen LogP contribution in [0.3, 0.4) is 0 Å². The minimum atomic E-state index is 0.338. The number of hydrogen-bond donors (Lipinski definition) is 0. The Morgan fingerprint density at radius 2 is 1.95 bits per heavy atom. The first-order valence-electron chi connectivity index (χ1n) is 7.95. The summed E-state index contributed by atoms with van der Waals surface area (Å²) in [5.74, 6) is 2.23. The highest BCUT2D eigenvalue weighted by Gasteiger charge is 2.49. The standard InChI is InChI=1S/C18H23NO2/c1-20-16-11-13-6-10-19-9-4-8-18(19)7-3-5-15(18)14(13)12-17(16)21-2/h3,5,11-12,15H,4,6-10H2,1-2H3/t15-,18+/m0/s1. The Hall–Kier alpha value is -1.48. The van der Waals surface area contributed by atoms with E-state index in [0.717, 1.165) is 17.9 Å². The fraction of sp³-hybridized carbons (Fsp3) is 0.556. The largest absolute Gasteiger partial charge is 0.493 e. The second kappa shape index (κ2) is 4.77. The average molecular weight is 285 g/mol. The molecule has 0 radical (unpaired) electrons. The number of methoxy groups -OCH3 is 2. The van der Waals surface area contributed by atoms with Gasteiger partial charge < -0.3 is 9.47 Å². The van der Waals surface area contributed by atoms with Crippen LogP contribution in [0.15, 0.2) is 24.3 Å². The van der Waals surface area contributed by atoms with Crippen molar-refractivity contribution < 1.29 is 9.47 Å². The van der Waals surface area contributed by atoms with Gasteiger partial charge in [0.2, 0.25) is 0 Å². The van der Waals surface area contributed by atoms with Gasteiger partial charge >= 0.3 is 0 Å². The van der Waals surface area contributed by atoms with Gasteiger partial charge in [-0.05, 0) is 55.5 Å². The molecule has 0 N–H and O–H groups in total. The fourth-order valence-corrected chi connectivity index (χ4v) is 4.68. The lowest BCUT2D eigenvalue weighted by Gasteiger charge is -2.39. The van der Waals surface area contributed by atoms with Crippen LogP contribution >= 0.6 is 0 Å². The Morgan fingerprint density at radius 1 is 1.14 bits per heavy atom. The molecule has 0 unspecified atom stereocenters. The van der Waals surface area contributed by atoms with E-state index < -0.39 is 0 Å². The van der Waals surface area contributed by atoms with Gasteiger partial charge in [-0.25, -0.2) is 0 Å². The Balaban J connectivity index is 1.86. The lowest BCUT2D eigenvalue weighted by Crippen LogP contribution is -2.45. The van der Waals surface area contributed by atoms with Gasteiger partial charge in [0.25, 0.3) is 0 Å². The van der Waals surface area contributed by atoms with Crippen molar-refractivity contribution in [2.24, 2.45) is 0 Å². The smallest absolute Gasteiger partial charge is 0.161 e. The summed E-state index contributed by atoms with van der Waals surface area (Å²) in [5, 5.41) is 0. The lowest BCUT2D eigenvalue weighted by atomic mass is 9.79. The first-order valence-corrected chi connectivity index (χ1v) is 7.95. The Morgan fingerprint density at radius 3 is 2.76 bits per heavy atom. The molecule has 112 valence electrons. The van der Waals surface area contributed by atoms with Gasteiger partial charge in [0.05, 0.1) is 14.2 Å². The second-order valence-electron chi connectivity index (χ2n) is 6.46. The Kier molecular flexibility index (Phi) is 3.00. The summed E-state index contributed by atoms with van der Waals surface area (Å²) >= 11 is 0. The molecular formula is C18H23NO2. The van der Waals surface area contributed by atoms with Crippen molar-refractivity contribution >= 4 is 0 Å². The molecule has 2 aliphatic heterocycles. The molecule has 3 nitrogen and oxygen atoms in total. The van der Waals surface area contributed by atoms with Crippen molar-refractivity contribution in [1.29, 1.82) is 0 Å². The lowest BCUT2D eigenvalue weighted by molar-refractivity contribution is 0.140. The van der Waals surface area contributed by atoms with Gasteiger partial charge in [-0.3, -0.25) is 4.90 Å². The van der Waals surface area contributed by atoms with Crippen LogP contribution in [0.5, 0.6) is 11.5 Å². The van der Waals surface area contributed by atoms with Crippen LogP contribution in [0.2, 0.25) is 0 Å². The second-order valence-corrected chi connectivity index (χ2v) is 6.46. The molecule has 0 aromatic heterocycles. The van der Waals surface area contributed by atoms with Crippen LogP contribution in [0, 0.1) is 0 Å². The van der Waals surface area contributed by atoms with E-state index in [9.17, 15) is 0 Å². The van der Waals surface area contributed by atoms with Gasteiger partial charge in [-0.2, -0.15) is 0 Å². The predicted octanol–water partition coefficient (Wildman–Crippen LogP) is 3.14. The van der Waals surface area contributed by atoms with Crippen LogP contribution in [0.4, 0.5) is 0 Å². The zero-order valence-electron chi connectivity index (χ0n) is 12.9. The molecule has 2 atom stereocenters. The average Bonchev–Trinajstić information content (AvgIpc) is 3.10. The van der Waals surface area contributed by atoms with Crippen molar-refractivity contribution in [1.82, 2.24) is 4.90 Å². The third-order valence-corrected chi connectivity index (χ3v) is 5.68. The Labute approximate surface area is 126 Å². The van der Waals surface area contributed by atoms with E-state index in [0.29, 0.717) is 11.5 Å². The minimum absolute atomic E-state index is 0.338. The summed E-state index contributed by atoms with van der Waals surface area (Å²) in [7, 11) is 3.44. The van der Waals surface area contributed by atoms with Crippen molar-refractivity contribution in [2.75, 3.05) is 27.3 Å². The van der Waals surface area contributed by atoms with E-state index in [4.69, 9.17) is 9.47 Å². The van der Waals surface area contributed by atoms with E-state index in [1.165, 1.54) is 43.5 Å². The SMILES string of the molecule is COc1cc2c(cc1OC)[C@@H]1C=CC[C@@]13CCCN3CC2. The van der Waals surface area contributed by atoms with E-state index in [1.54, 1.807) is 14.2 Å². The fourth-order valence-electron chi connectivity index (χ4n) is 4.68. The maximum Gasteiger partial charge on any atom is 0.161 e. The van der Waals surface area contributed by atoms with Crippen LogP contribution in [0.1, 0.15) is 36.3 Å². The molecule has 1 spiro atoms. The number of benzene rings is 1. The molecule has 3 aliphatic rings. The third kappa shape index (κ3) is 1.76. The highest BCUT2D eigenvalue weighted by Crippen LogP contribution is 2.52. The van der Waals surface area contributed by atoms with Crippen molar-refractivity contribution in [2.45, 2.75) is 37.1 Å². The van der Waals surface area contributed by atoms with Gasteiger partial charge in [0.15, 0.2) is 11.5 Å². The van der Waals surface area contributed by atoms with Crippen LogP contribution in [0.25, 0.3) is 0 Å². The monoisotopic (exact) mass is 285 g/mol. The van der Waals surface area contributed by atoms with Crippen molar-refractivity contribution in [3.05, 3.63) is 35.4 Å². The maximum atomic E-state index is 5.54. The summed E-state index contributed by atoms with van der Waals surface area (Å²) in [6, 6.07) is 4.41. The molecule has 21 heavy (non-hydrogen) atoms. The van der Waals surface area contributed by atoms with E-state index in [1.807, 2.05) is 0 Å². The van der Waals surface area contributed by atoms with Gasteiger partial charge in [0, 0.05) is 18.0 Å². The number of hydrogen-bond acceptors (Lipinski definition) is 3. The van der Waals surface area contributed by atoms with Crippen LogP contribution in [-0.4, -0.2) is 37.7 Å². The molecule has 1 aliphatic carbocycles. The number of fused-ring (bicyclic) bond motifs is 2. The summed E-state index contributed by atoms with van der Waals surface area (Å²) in [5.41, 5.74) is 3.22. The summed E-state index contributed by atoms with van der Waals surface area (Å²) in [6.07, 6.45) is 9.77. The number of nitrogens with zero attached hydrogens (tertiary/aromatic N) is 1. The minimum Gasteiger partial charge on any atom is -0.493 e. The molecule has 3 heteroatoms. The van der Waals surface area contributed by atoms with Crippen molar-refractivity contribution in [3.63, 3.8) is 0 Å². The van der Waals surface area contributed by atoms with Gasteiger partial charge in [-0.15, -0.1) is 0 Å². The van der Waals surface area contributed by atoms with E-state index in [2.05, 4.69) is 29.2 Å². The molecule has 4 rings (SSSR count). The first kappa shape index (κ1) is 13.2. The molecular weight excluding hydrogens is 262 g/mol. The molecule has 0 saturated carbocycles. The summed E-state index contributed by atoms with van der Waals surface area (Å²) in [4.78, 5) is 2.73. The molecule has 1 aromatic rings. The zero-order chi connectivity index (χ0) is 14.4. The Bertz CT molecular complexity index is 595. The molecule has 2 heterocycles. The topological polar surface area (TPSA) is 21.7 Å². The molecule has 1 saturated heterocycles. The molecule has 1 fully saturated rings. The normalized spacial score (nSPS) is 30.5. The molecule has 0 bridgehead atoms. The third-order valence-electron chi connectivity index (χ3n) is 5.68. The summed E-state index contributed by atoms with van der Waals surface area (Å²) < 4.78 is 11.0. The predicted molar refractivity (Wildman–Crippen MR) is 83.3 cm³/mol. The maximum absolute atomic E-state index is 5.54. The quantitative estimate of drug-likeness (QED) is 0.779. The summed E-state index contributed by atoms with van der Waals surface area (Å²) in [6.45, 7) is 2.42. The van der Waals surface area contributed by atoms with Crippen LogP contribution in [-0.2, 0) is 6.42 Å². The highest BCUT2D eigenvalue weighted by molar-refractivity contribution is 5.52. The number of ether oxygens (including phenoxy) is 2. The van der Waals surface area contributed by atoms with Crippen molar-refractivity contribution in [3.8, 4) is 11.5 Å². The van der Waals surface area contributed by atoms with Crippen LogP contribution < -0.4 is 9.47 Å². The first-order chi connectivity index (χ1) is 10.3. The van der Waals surface area contributed by atoms with Gasteiger partial charge in [-0.1, -0.05) is 12.2 Å². The van der Waals surface area contributed by atoms with E-state index >= 15 is 0 Å². The molecule has 1 aromatic carbocycles. The highest BCUT2D eigenvalue weighted by atomic mass is 16.5. The number of rotatable bonds is 2. The van der Waals surface area contributed by atoms with E-state index in [-0.39, 0.29) is 0 Å². The zero-order valence-corrected chi connectivity index (χ0v) is 12.9. The molecule has 0 amide bonds. The van der Waals surface area contributed by atoms with Gasteiger partial charge in [0.1, 0.15) is 0 Å².